The van der Waals surface area contributed by atoms with Crippen molar-refractivity contribution in [2.45, 2.75) is 13.0 Å². The van der Waals surface area contributed by atoms with E-state index in [1.165, 1.54) is 0 Å². The summed E-state index contributed by atoms with van der Waals surface area (Å²) in [5, 5.41) is 3.97. The molecule has 0 bridgehead atoms. The quantitative estimate of drug-likeness (QED) is 0.718. The van der Waals surface area contributed by atoms with Gasteiger partial charge in [0, 0.05) is 11.1 Å². The van der Waals surface area contributed by atoms with Crippen LogP contribution in [-0.2, 0) is 0 Å². The number of rotatable bonds is 2. The van der Waals surface area contributed by atoms with E-state index in [1.54, 1.807) is 0 Å². The molecule has 0 aliphatic heterocycles. The minimum atomic E-state index is 0.323. The summed E-state index contributed by atoms with van der Waals surface area (Å²) in [6, 6.07) is 8.20. The molecule has 0 unspecified atom stereocenters. The van der Waals surface area contributed by atoms with Crippen molar-refractivity contribution < 1.29 is 0 Å². The molecule has 1 N–H and O–H groups in total. The molecule has 0 aliphatic rings. The molecule has 1 nitrogen and oxygen atoms in total. The summed E-state index contributed by atoms with van der Waals surface area (Å²) in [6.07, 6.45) is 0. The Balaban J connectivity index is 2.93. The summed E-state index contributed by atoms with van der Waals surface area (Å²) >= 11 is 5.96. The van der Waals surface area contributed by atoms with Crippen LogP contribution in [0.15, 0.2) is 24.3 Å². The maximum atomic E-state index is 5.96. The van der Waals surface area contributed by atoms with Gasteiger partial charge in [0.1, 0.15) is 0 Å². The predicted molar refractivity (Wildman–Crippen MR) is 48.9 cm³/mol. The Morgan fingerprint density at radius 3 is 2.55 bits per heavy atom. The van der Waals surface area contributed by atoms with Crippen molar-refractivity contribution in [3.63, 3.8) is 0 Å². The lowest BCUT2D eigenvalue weighted by Crippen LogP contribution is -2.12. The van der Waals surface area contributed by atoms with E-state index in [1.807, 2.05) is 31.3 Å². The van der Waals surface area contributed by atoms with Gasteiger partial charge in [0.05, 0.1) is 0 Å². The molecule has 0 saturated carbocycles. The highest BCUT2D eigenvalue weighted by molar-refractivity contribution is 6.31. The van der Waals surface area contributed by atoms with Gasteiger partial charge in [-0.25, -0.2) is 0 Å². The molecule has 0 amide bonds. The molecular formula is C9H12ClN. The SMILES string of the molecule is CN[C@@H](C)c1ccccc1Cl. The lowest BCUT2D eigenvalue weighted by molar-refractivity contribution is 0.652. The molecule has 1 atom stereocenters. The second kappa shape index (κ2) is 3.74. The molecule has 0 spiro atoms. The Morgan fingerprint density at radius 1 is 1.36 bits per heavy atom. The maximum Gasteiger partial charge on any atom is 0.0453 e. The first-order valence-electron chi connectivity index (χ1n) is 3.67. The van der Waals surface area contributed by atoms with Crippen LogP contribution in [-0.4, -0.2) is 7.05 Å². The highest BCUT2D eigenvalue weighted by Gasteiger charge is 2.04. The molecule has 11 heavy (non-hydrogen) atoms. The molecule has 0 heterocycles. The third kappa shape index (κ3) is 1.95. The van der Waals surface area contributed by atoms with E-state index in [9.17, 15) is 0 Å². The van der Waals surface area contributed by atoms with Gasteiger partial charge >= 0.3 is 0 Å². The summed E-state index contributed by atoms with van der Waals surface area (Å²) in [4.78, 5) is 0. The lowest BCUT2D eigenvalue weighted by Gasteiger charge is -2.11. The predicted octanol–water partition coefficient (Wildman–Crippen LogP) is 2.62. The average molecular weight is 170 g/mol. The number of halogens is 1. The van der Waals surface area contributed by atoms with Crippen molar-refractivity contribution in [1.29, 1.82) is 0 Å². The van der Waals surface area contributed by atoms with Gasteiger partial charge < -0.3 is 5.32 Å². The van der Waals surface area contributed by atoms with Crippen LogP contribution in [0.2, 0.25) is 5.02 Å². The molecule has 60 valence electrons. The van der Waals surface area contributed by atoms with E-state index in [0.29, 0.717) is 6.04 Å². The molecule has 1 aromatic rings. The van der Waals surface area contributed by atoms with E-state index < -0.39 is 0 Å². The summed E-state index contributed by atoms with van der Waals surface area (Å²) in [6.45, 7) is 2.08. The minimum Gasteiger partial charge on any atom is -0.313 e. The van der Waals surface area contributed by atoms with Crippen molar-refractivity contribution in [3.05, 3.63) is 34.9 Å². The van der Waals surface area contributed by atoms with E-state index in [-0.39, 0.29) is 0 Å². The molecular weight excluding hydrogens is 158 g/mol. The number of benzene rings is 1. The summed E-state index contributed by atoms with van der Waals surface area (Å²) in [7, 11) is 1.92. The van der Waals surface area contributed by atoms with Gasteiger partial charge in [0.15, 0.2) is 0 Å². The molecule has 0 aliphatic carbocycles. The molecule has 0 saturated heterocycles. The summed E-state index contributed by atoms with van der Waals surface area (Å²) in [5.41, 5.74) is 1.15. The van der Waals surface area contributed by atoms with Gasteiger partial charge in [0.25, 0.3) is 0 Å². The van der Waals surface area contributed by atoms with Crippen molar-refractivity contribution in [2.24, 2.45) is 0 Å². The van der Waals surface area contributed by atoms with Crippen LogP contribution >= 0.6 is 11.6 Å². The van der Waals surface area contributed by atoms with Gasteiger partial charge in [-0.1, -0.05) is 29.8 Å². The highest BCUT2D eigenvalue weighted by Crippen LogP contribution is 2.21. The maximum absolute atomic E-state index is 5.96. The van der Waals surface area contributed by atoms with Crippen molar-refractivity contribution >= 4 is 11.6 Å². The first kappa shape index (κ1) is 8.57. The Morgan fingerprint density at radius 2 is 2.00 bits per heavy atom. The van der Waals surface area contributed by atoms with Gasteiger partial charge in [-0.2, -0.15) is 0 Å². The monoisotopic (exact) mass is 169 g/mol. The summed E-state index contributed by atoms with van der Waals surface area (Å²) in [5.74, 6) is 0. The Bertz CT molecular complexity index is 235. The van der Waals surface area contributed by atoms with Gasteiger partial charge in [-0.3, -0.25) is 0 Å². The van der Waals surface area contributed by atoms with Crippen LogP contribution in [0.5, 0.6) is 0 Å². The summed E-state index contributed by atoms with van der Waals surface area (Å²) < 4.78 is 0. The van der Waals surface area contributed by atoms with Gasteiger partial charge in [-0.05, 0) is 25.6 Å². The average Bonchev–Trinajstić information content (AvgIpc) is 2.04. The Kier molecular flexibility index (Phi) is 2.92. The molecule has 0 radical (unpaired) electrons. The third-order valence-electron chi connectivity index (χ3n) is 1.80. The lowest BCUT2D eigenvalue weighted by atomic mass is 10.1. The smallest absolute Gasteiger partial charge is 0.0453 e. The van der Waals surface area contributed by atoms with E-state index >= 15 is 0 Å². The van der Waals surface area contributed by atoms with E-state index in [2.05, 4.69) is 12.2 Å². The molecule has 1 rings (SSSR count). The topological polar surface area (TPSA) is 12.0 Å². The van der Waals surface area contributed by atoms with Crippen LogP contribution in [0.3, 0.4) is 0 Å². The fraction of sp³-hybridized carbons (Fsp3) is 0.333. The minimum absolute atomic E-state index is 0.323. The second-order valence-corrected chi connectivity index (χ2v) is 2.94. The number of hydrogen-bond donors (Lipinski definition) is 1. The van der Waals surface area contributed by atoms with Crippen molar-refractivity contribution in [1.82, 2.24) is 5.32 Å². The van der Waals surface area contributed by atoms with Crippen LogP contribution in [0.1, 0.15) is 18.5 Å². The van der Waals surface area contributed by atoms with Gasteiger partial charge in [0.2, 0.25) is 0 Å². The highest BCUT2D eigenvalue weighted by atomic mass is 35.5. The molecule has 1 aromatic carbocycles. The van der Waals surface area contributed by atoms with Crippen LogP contribution in [0.4, 0.5) is 0 Å². The normalized spacial score (nSPS) is 13.0. The first-order chi connectivity index (χ1) is 5.25. The number of hydrogen-bond acceptors (Lipinski definition) is 1. The van der Waals surface area contributed by atoms with Crippen molar-refractivity contribution in [3.8, 4) is 0 Å². The zero-order valence-electron chi connectivity index (χ0n) is 6.76. The number of nitrogens with one attached hydrogen (secondary N) is 1. The van der Waals surface area contributed by atoms with Crippen LogP contribution in [0, 0.1) is 0 Å². The fourth-order valence-electron chi connectivity index (χ4n) is 0.982. The third-order valence-corrected chi connectivity index (χ3v) is 2.15. The van der Waals surface area contributed by atoms with E-state index in [0.717, 1.165) is 10.6 Å². The molecule has 2 heteroatoms. The van der Waals surface area contributed by atoms with Gasteiger partial charge in [-0.15, -0.1) is 0 Å². The zero-order valence-corrected chi connectivity index (χ0v) is 7.52. The first-order valence-corrected chi connectivity index (χ1v) is 4.05. The Hall–Kier alpha value is -0.530. The van der Waals surface area contributed by atoms with Crippen LogP contribution < -0.4 is 5.32 Å². The Labute approximate surface area is 72.4 Å². The van der Waals surface area contributed by atoms with Crippen LogP contribution in [0.25, 0.3) is 0 Å². The van der Waals surface area contributed by atoms with Crippen molar-refractivity contribution in [2.75, 3.05) is 7.05 Å². The standard InChI is InChI=1S/C9H12ClN/c1-7(11-2)8-5-3-4-6-9(8)10/h3-7,11H,1-2H3/t7-/m0/s1. The fourth-order valence-corrected chi connectivity index (χ4v) is 1.28. The second-order valence-electron chi connectivity index (χ2n) is 2.53. The molecule has 0 fully saturated rings. The largest absolute Gasteiger partial charge is 0.313 e. The molecule has 0 aromatic heterocycles. The zero-order chi connectivity index (χ0) is 8.27. The van der Waals surface area contributed by atoms with E-state index in [4.69, 9.17) is 11.6 Å².